The van der Waals surface area contributed by atoms with E-state index in [0.29, 0.717) is 6.42 Å². The first-order chi connectivity index (χ1) is 7.42. The number of rotatable bonds is 10. The van der Waals surface area contributed by atoms with Crippen LogP contribution >= 0.6 is 0 Å². The summed E-state index contributed by atoms with van der Waals surface area (Å²) in [6.45, 7) is 1.80. The molecule has 0 saturated carbocycles. The van der Waals surface area contributed by atoms with Crippen LogP contribution in [0, 0.1) is 0 Å². The summed E-state index contributed by atoms with van der Waals surface area (Å²) >= 11 is 0. The predicted octanol–water partition coefficient (Wildman–Crippen LogP) is 2.38. The highest BCUT2D eigenvalue weighted by atomic mass is 32.2. The number of hydrogen-bond acceptors (Lipinski definition) is 3. The molecular weight excluding hydrogens is 228 g/mol. The van der Waals surface area contributed by atoms with Crippen molar-refractivity contribution in [2.75, 3.05) is 5.75 Å². The van der Waals surface area contributed by atoms with Gasteiger partial charge in [0, 0.05) is 0 Å². The van der Waals surface area contributed by atoms with Crippen molar-refractivity contribution in [3.05, 3.63) is 0 Å². The molecule has 0 heterocycles. The maximum atomic E-state index is 10.4. The maximum absolute atomic E-state index is 10.4. The van der Waals surface area contributed by atoms with Crippen LogP contribution in [-0.2, 0) is 10.1 Å². The number of aliphatic hydroxyl groups is 1. The molecule has 2 N–H and O–H groups in total. The Balaban J connectivity index is 3.10. The molecule has 0 aromatic rings. The van der Waals surface area contributed by atoms with E-state index < -0.39 is 10.1 Å². The van der Waals surface area contributed by atoms with Crippen LogP contribution in [-0.4, -0.2) is 29.9 Å². The first-order valence-corrected chi connectivity index (χ1v) is 7.66. The van der Waals surface area contributed by atoms with Gasteiger partial charge in [0.05, 0.1) is 11.9 Å². The highest BCUT2D eigenvalue weighted by Crippen LogP contribution is 2.10. The third kappa shape index (κ3) is 13.9. The monoisotopic (exact) mass is 252 g/mol. The van der Waals surface area contributed by atoms with Crippen molar-refractivity contribution >= 4 is 10.1 Å². The normalized spacial score (nSPS) is 13.9. The van der Waals surface area contributed by atoms with E-state index >= 15 is 0 Å². The van der Waals surface area contributed by atoms with Gasteiger partial charge in [0.15, 0.2) is 0 Å². The van der Waals surface area contributed by atoms with Crippen molar-refractivity contribution in [3.63, 3.8) is 0 Å². The average Bonchev–Trinajstić information content (AvgIpc) is 2.13. The van der Waals surface area contributed by atoms with Crippen LogP contribution < -0.4 is 0 Å². The Morgan fingerprint density at radius 3 is 1.81 bits per heavy atom. The van der Waals surface area contributed by atoms with E-state index in [9.17, 15) is 8.42 Å². The Morgan fingerprint density at radius 2 is 1.38 bits per heavy atom. The average molecular weight is 252 g/mol. The van der Waals surface area contributed by atoms with Crippen LogP contribution in [0.5, 0.6) is 0 Å². The molecule has 0 aromatic heterocycles. The summed E-state index contributed by atoms with van der Waals surface area (Å²) in [5.41, 5.74) is 0. The lowest BCUT2D eigenvalue weighted by molar-refractivity contribution is 0.180. The molecule has 0 aliphatic heterocycles. The highest BCUT2D eigenvalue weighted by molar-refractivity contribution is 7.85. The van der Waals surface area contributed by atoms with E-state index in [1.54, 1.807) is 6.92 Å². The predicted molar refractivity (Wildman–Crippen MR) is 65.0 cm³/mol. The SMILES string of the molecule is CC(O)CCCCCCCCCS(=O)(=O)O. The minimum atomic E-state index is -3.76. The Hall–Kier alpha value is -0.130. The van der Waals surface area contributed by atoms with Crippen molar-refractivity contribution < 1.29 is 18.1 Å². The van der Waals surface area contributed by atoms with E-state index in [-0.39, 0.29) is 11.9 Å². The molecule has 5 heteroatoms. The van der Waals surface area contributed by atoms with Gasteiger partial charge in [-0.2, -0.15) is 8.42 Å². The Labute approximate surface area is 98.8 Å². The molecule has 0 aliphatic rings. The Bertz CT molecular complexity index is 247. The Morgan fingerprint density at radius 1 is 0.938 bits per heavy atom. The molecule has 1 unspecified atom stereocenters. The molecule has 0 fully saturated rings. The number of hydrogen-bond donors (Lipinski definition) is 2. The smallest absolute Gasteiger partial charge is 0.264 e. The molecule has 0 aromatic carbocycles. The van der Waals surface area contributed by atoms with Crippen molar-refractivity contribution in [3.8, 4) is 0 Å². The molecule has 0 bridgehead atoms. The largest absolute Gasteiger partial charge is 0.393 e. The summed E-state index contributed by atoms with van der Waals surface area (Å²) in [6.07, 6.45) is 7.51. The van der Waals surface area contributed by atoms with Gasteiger partial charge >= 0.3 is 0 Å². The van der Waals surface area contributed by atoms with Crippen molar-refractivity contribution in [1.82, 2.24) is 0 Å². The summed E-state index contributed by atoms with van der Waals surface area (Å²) in [6, 6.07) is 0. The molecule has 0 spiro atoms. The fourth-order valence-corrected chi connectivity index (χ4v) is 2.18. The van der Waals surface area contributed by atoms with Crippen LogP contribution in [0.15, 0.2) is 0 Å². The third-order valence-corrected chi connectivity index (χ3v) is 3.33. The number of unbranched alkanes of at least 4 members (excludes halogenated alkanes) is 6. The van der Waals surface area contributed by atoms with E-state index in [1.165, 1.54) is 0 Å². The minimum Gasteiger partial charge on any atom is -0.393 e. The van der Waals surface area contributed by atoms with Gasteiger partial charge in [-0.15, -0.1) is 0 Å². The zero-order chi connectivity index (χ0) is 12.4. The molecule has 0 radical (unpaired) electrons. The van der Waals surface area contributed by atoms with E-state index in [0.717, 1.165) is 44.9 Å². The van der Waals surface area contributed by atoms with Gasteiger partial charge in [0.25, 0.3) is 10.1 Å². The summed E-state index contributed by atoms with van der Waals surface area (Å²) in [5, 5.41) is 9.02. The van der Waals surface area contributed by atoms with Crippen LogP contribution in [0.25, 0.3) is 0 Å². The van der Waals surface area contributed by atoms with Gasteiger partial charge in [0.2, 0.25) is 0 Å². The number of aliphatic hydroxyl groups excluding tert-OH is 1. The topological polar surface area (TPSA) is 74.6 Å². The van der Waals surface area contributed by atoms with Gasteiger partial charge in [-0.1, -0.05) is 38.5 Å². The van der Waals surface area contributed by atoms with E-state index in [1.807, 2.05) is 0 Å². The second-order valence-electron chi connectivity index (χ2n) is 4.40. The molecule has 98 valence electrons. The van der Waals surface area contributed by atoms with Gasteiger partial charge < -0.3 is 5.11 Å². The lowest BCUT2D eigenvalue weighted by atomic mass is 10.1. The van der Waals surface area contributed by atoms with Crippen molar-refractivity contribution in [1.29, 1.82) is 0 Å². The lowest BCUT2D eigenvalue weighted by Crippen LogP contribution is -2.03. The molecule has 0 saturated heterocycles. The van der Waals surface area contributed by atoms with Crippen LogP contribution in [0.2, 0.25) is 0 Å². The summed E-state index contributed by atoms with van der Waals surface area (Å²) in [5.74, 6) is -0.116. The second-order valence-corrected chi connectivity index (χ2v) is 5.97. The van der Waals surface area contributed by atoms with Gasteiger partial charge in [0.1, 0.15) is 0 Å². The third-order valence-electron chi connectivity index (χ3n) is 2.52. The second kappa shape index (κ2) is 8.96. The van der Waals surface area contributed by atoms with E-state index in [2.05, 4.69) is 0 Å². The van der Waals surface area contributed by atoms with Crippen LogP contribution in [0.4, 0.5) is 0 Å². The van der Waals surface area contributed by atoms with E-state index in [4.69, 9.17) is 9.66 Å². The Kier molecular flexibility index (Phi) is 8.89. The summed E-state index contributed by atoms with van der Waals surface area (Å²) in [7, 11) is -3.76. The van der Waals surface area contributed by atoms with Crippen LogP contribution in [0.3, 0.4) is 0 Å². The molecule has 0 amide bonds. The maximum Gasteiger partial charge on any atom is 0.264 e. The molecule has 4 nitrogen and oxygen atoms in total. The summed E-state index contributed by atoms with van der Waals surface area (Å²) in [4.78, 5) is 0. The fraction of sp³-hybridized carbons (Fsp3) is 1.00. The molecule has 16 heavy (non-hydrogen) atoms. The zero-order valence-corrected chi connectivity index (χ0v) is 10.9. The first kappa shape index (κ1) is 15.9. The summed E-state index contributed by atoms with van der Waals surface area (Å²) < 4.78 is 29.3. The fourth-order valence-electron chi connectivity index (χ4n) is 1.61. The lowest BCUT2D eigenvalue weighted by Gasteiger charge is -2.03. The van der Waals surface area contributed by atoms with Crippen molar-refractivity contribution in [2.24, 2.45) is 0 Å². The standard InChI is InChI=1S/C11H24O4S/c1-11(12)9-7-5-3-2-4-6-8-10-16(13,14)15/h11-12H,2-10H2,1H3,(H,13,14,15). The van der Waals surface area contributed by atoms with Crippen LogP contribution in [0.1, 0.15) is 58.3 Å². The van der Waals surface area contributed by atoms with Gasteiger partial charge in [-0.3, -0.25) is 4.55 Å². The van der Waals surface area contributed by atoms with Gasteiger partial charge in [-0.25, -0.2) is 0 Å². The first-order valence-electron chi connectivity index (χ1n) is 6.05. The quantitative estimate of drug-likeness (QED) is 0.462. The molecular formula is C11H24O4S. The molecule has 0 rings (SSSR count). The molecule has 1 atom stereocenters. The van der Waals surface area contributed by atoms with Gasteiger partial charge in [-0.05, 0) is 19.8 Å². The van der Waals surface area contributed by atoms with Crippen molar-refractivity contribution in [2.45, 2.75) is 64.4 Å². The minimum absolute atomic E-state index is 0.116. The zero-order valence-electron chi connectivity index (χ0n) is 10.1. The highest BCUT2D eigenvalue weighted by Gasteiger charge is 2.02. The molecule has 0 aliphatic carbocycles.